The predicted molar refractivity (Wildman–Crippen MR) is 115 cm³/mol. The Labute approximate surface area is 186 Å². The maximum Gasteiger partial charge on any atom is 0.289 e. The molecule has 4 N–H and O–H groups in total. The minimum Gasteiger partial charge on any atom is -0.326 e. The van der Waals surface area contributed by atoms with Crippen molar-refractivity contribution < 1.29 is 32.0 Å². The lowest BCUT2D eigenvalue weighted by atomic mass is 10.2. The van der Waals surface area contributed by atoms with Crippen LogP contribution in [0, 0.1) is 5.82 Å². The first-order chi connectivity index (χ1) is 15.0. The summed E-state index contributed by atoms with van der Waals surface area (Å²) >= 11 is 0.632. The van der Waals surface area contributed by atoms with Gasteiger partial charge in [0.25, 0.3) is 5.24 Å². The molecule has 0 radical (unpaired) electrons. The van der Waals surface area contributed by atoms with E-state index in [1.165, 1.54) is 36.4 Å². The Hall–Kier alpha value is -3.29. The van der Waals surface area contributed by atoms with Crippen LogP contribution in [0.1, 0.15) is 6.42 Å². The van der Waals surface area contributed by atoms with E-state index < -0.39 is 50.6 Å². The standard InChI is InChI=1S/C19H17FN4O6S2/c20-11-1-3-12(4-2-11)22-16(25)9-15-18(27)24(19(28)31-15)10-17(26)23-13-5-7-14(8-6-13)32(21,29)30/h1-8,15H,9-10H2,(H,22,25)(H,23,26)(H2,21,29,30)/t15-/m1/s1. The lowest BCUT2D eigenvalue weighted by Crippen LogP contribution is -2.38. The minimum absolute atomic E-state index is 0.140. The van der Waals surface area contributed by atoms with Gasteiger partial charge in [-0.25, -0.2) is 17.9 Å². The first-order valence-electron chi connectivity index (χ1n) is 9.03. The zero-order valence-corrected chi connectivity index (χ0v) is 17.9. The number of thioether (sulfide) groups is 1. The fraction of sp³-hybridized carbons (Fsp3) is 0.158. The molecule has 4 amide bonds. The van der Waals surface area contributed by atoms with E-state index in [4.69, 9.17) is 5.14 Å². The number of carbonyl (C=O) groups is 4. The third-order valence-corrected chi connectivity index (χ3v) is 6.28. The van der Waals surface area contributed by atoms with Crippen molar-refractivity contribution in [2.24, 2.45) is 5.14 Å². The quantitative estimate of drug-likeness (QED) is 0.542. The molecule has 1 heterocycles. The van der Waals surface area contributed by atoms with Crippen molar-refractivity contribution in [1.29, 1.82) is 0 Å². The van der Waals surface area contributed by atoms with E-state index in [2.05, 4.69) is 10.6 Å². The Morgan fingerprint density at radius 2 is 1.50 bits per heavy atom. The van der Waals surface area contributed by atoms with Crippen LogP contribution >= 0.6 is 11.8 Å². The molecule has 0 aromatic heterocycles. The van der Waals surface area contributed by atoms with Crippen LogP contribution in [0.5, 0.6) is 0 Å². The summed E-state index contributed by atoms with van der Waals surface area (Å²) in [5.74, 6) is -2.39. The molecule has 1 fully saturated rings. The van der Waals surface area contributed by atoms with E-state index in [1.54, 1.807) is 0 Å². The zero-order valence-electron chi connectivity index (χ0n) is 16.3. The molecule has 32 heavy (non-hydrogen) atoms. The maximum absolute atomic E-state index is 12.9. The average Bonchev–Trinajstić information content (AvgIpc) is 2.96. The van der Waals surface area contributed by atoms with Crippen molar-refractivity contribution in [2.75, 3.05) is 17.2 Å². The monoisotopic (exact) mass is 480 g/mol. The molecule has 13 heteroatoms. The van der Waals surface area contributed by atoms with Gasteiger partial charge in [-0.05, 0) is 48.5 Å². The van der Waals surface area contributed by atoms with Gasteiger partial charge in [-0.15, -0.1) is 0 Å². The highest BCUT2D eigenvalue weighted by Crippen LogP contribution is 2.29. The molecule has 0 unspecified atom stereocenters. The van der Waals surface area contributed by atoms with E-state index in [9.17, 15) is 32.0 Å². The SMILES string of the molecule is NS(=O)(=O)c1ccc(NC(=O)CN2C(=O)S[C@H](CC(=O)Nc3ccc(F)cc3)C2=O)cc1. The third kappa shape index (κ3) is 5.90. The summed E-state index contributed by atoms with van der Waals surface area (Å²) in [4.78, 5) is 49.6. The average molecular weight is 480 g/mol. The molecule has 1 aliphatic heterocycles. The number of halogens is 1. The van der Waals surface area contributed by atoms with Crippen molar-refractivity contribution in [1.82, 2.24) is 4.90 Å². The fourth-order valence-corrected chi connectivity index (χ4v) is 4.26. The summed E-state index contributed by atoms with van der Waals surface area (Å²) in [6.07, 6.45) is -0.306. The largest absolute Gasteiger partial charge is 0.326 e. The van der Waals surface area contributed by atoms with Gasteiger partial charge in [0.2, 0.25) is 27.7 Å². The molecule has 0 spiro atoms. The maximum atomic E-state index is 12.9. The lowest BCUT2D eigenvalue weighted by molar-refractivity contribution is -0.131. The fourth-order valence-electron chi connectivity index (χ4n) is 2.76. The van der Waals surface area contributed by atoms with Crippen LogP contribution < -0.4 is 15.8 Å². The summed E-state index contributed by atoms with van der Waals surface area (Å²) in [5.41, 5.74) is 0.576. The van der Waals surface area contributed by atoms with Gasteiger partial charge >= 0.3 is 0 Å². The van der Waals surface area contributed by atoms with Crippen LogP contribution in [-0.4, -0.2) is 48.1 Å². The van der Waals surface area contributed by atoms with Crippen molar-refractivity contribution in [3.05, 3.63) is 54.3 Å². The number of nitrogens with one attached hydrogen (secondary N) is 2. The van der Waals surface area contributed by atoms with E-state index >= 15 is 0 Å². The molecular formula is C19H17FN4O6S2. The molecule has 2 aromatic rings. The first-order valence-corrected chi connectivity index (χ1v) is 11.5. The Kier molecular flexibility index (Phi) is 6.91. The highest BCUT2D eigenvalue weighted by atomic mass is 32.2. The van der Waals surface area contributed by atoms with Gasteiger partial charge in [-0.3, -0.25) is 24.1 Å². The van der Waals surface area contributed by atoms with Crippen molar-refractivity contribution in [3.63, 3.8) is 0 Å². The lowest BCUT2D eigenvalue weighted by Gasteiger charge is -2.14. The van der Waals surface area contributed by atoms with Crippen molar-refractivity contribution in [3.8, 4) is 0 Å². The number of hydrogen-bond acceptors (Lipinski definition) is 7. The molecule has 1 saturated heterocycles. The molecule has 168 valence electrons. The summed E-state index contributed by atoms with van der Waals surface area (Å²) in [5, 5.41) is 8.28. The molecule has 1 atom stereocenters. The van der Waals surface area contributed by atoms with E-state index in [1.807, 2.05) is 0 Å². The summed E-state index contributed by atoms with van der Waals surface area (Å²) in [6, 6.07) is 10.0. The van der Waals surface area contributed by atoms with Gasteiger partial charge in [-0.1, -0.05) is 11.8 Å². The predicted octanol–water partition coefficient (Wildman–Crippen LogP) is 1.50. The number of anilines is 2. The zero-order chi connectivity index (χ0) is 23.5. The number of carbonyl (C=O) groups excluding carboxylic acids is 4. The van der Waals surface area contributed by atoms with Crippen LogP contribution in [-0.2, 0) is 24.4 Å². The highest BCUT2D eigenvalue weighted by molar-refractivity contribution is 8.15. The normalized spacial score (nSPS) is 16.2. The van der Waals surface area contributed by atoms with Gasteiger partial charge in [0, 0.05) is 17.8 Å². The van der Waals surface area contributed by atoms with Crippen LogP contribution in [0.15, 0.2) is 53.4 Å². The van der Waals surface area contributed by atoms with Crippen molar-refractivity contribution >= 4 is 56.1 Å². The van der Waals surface area contributed by atoms with Crippen molar-refractivity contribution in [2.45, 2.75) is 16.6 Å². The number of benzene rings is 2. The number of sulfonamides is 1. The molecule has 3 rings (SSSR count). The van der Waals surface area contributed by atoms with E-state index in [-0.39, 0.29) is 17.0 Å². The number of rotatable bonds is 7. The van der Waals surface area contributed by atoms with E-state index in [0.717, 1.165) is 17.0 Å². The summed E-state index contributed by atoms with van der Waals surface area (Å²) in [6.45, 7) is -0.572. The van der Waals surface area contributed by atoms with Crippen LogP contribution in [0.3, 0.4) is 0 Å². The summed E-state index contributed by atoms with van der Waals surface area (Å²) < 4.78 is 35.4. The van der Waals surface area contributed by atoms with Gasteiger partial charge in [0.05, 0.1) is 4.90 Å². The number of hydrogen-bond donors (Lipinski definition) is 3. The third-order valence-electron chi connectivity index (χ3n) is 4.27. The topological polar surface area (TPSA) is 156 Å². The van der Waals surface area contributed by atoms with Crippen LogP contribution in [0.4, 0.5) is 20.6 Å². The number of imide groups is 1. The number of primary sulfonamides is 1. The van der Waals surface area contributed by atoms with Gasteiger partial charge in [0.1, 0.15) is 17.6 Å². The highest BCUT2D eigenvalue weighted by Gasteiger charge is 2.41. The minimum atomic E-state index is -3.88. The Balaban J connectivity index is 1.55. The van der Waals surface area contributed by atoms with E-state index in [0.29, 0.717) is 17.4 Å². The molecule has 10 nitrogen and oxygen atoms in total. The number of amides is 4. The van der Waals surface area contributed by atoms with Gasteiger partial charge < -0.3 is 10.6 Å². The van der Waals surface area contributed by atoms with Crippen LogP contribution in [0.25, 0.3) is 0 Å². The Morgan fingerprint density at radius 3 is 2.06 bits per heavy atom. The number of nitrogens with zero attached hydrogens (tertiary/aromatic N) is 1. The molecule has 0 bridgehead atoms. The second kappa shape index (κ2) is 9.46. The van der Waals surface area contributed by atoms with Crippen LogP contribution in [0.2, 0.25) is 0 Å². The number of nitrogens with two attached hydrogens (primary N) is 1. The molecule has 2 aromatic carbocycles. The molecule has 1 aliphatic rings. The van der Waals surface area contributed by atoms with Gasteiger partial charge in [0.15, 0.2) is 0 Å². The second-order valence-corrected chi connectivity index (χ2v) is 9.39. The smallest absolute Gasteiger partial charge is 0.289 e. The second-order valence-electron chi connectivity index (χ2n) is 6.67. The summed E-state index contributed by atoms with van der Waals surface area (Å²) in [7, 11) is -3.88. The first kappa shape index (κ1) is 23.4. The molecule has 0 saturated carbocycles. The van der Waals surface area contributed by atoms with Gasteiger partial charge in [-0.2, -0.15) is 0 Å². The molecular weight excluding hydrogens is 463 g/mol. The Bertz CT molecular complexity index is 1170. The Morgan fingerprint density at radius 1 is 0.969 bits per heavy atom. The molecule has 0 aliphatic carbocycles.